The topological polar surface area (TPSA) is 57.6 Å². The highest BCUT2D eigenvalue weighted by Gasteiger charge is 2.68. The van der Waals surface area contributed by atoms with Crippen LogP contribution >= 0.6 is 0 Å². The Hall–Kier alpha value is -3.24. The number of rotatable bonds is 2. The Morgan fingerprint density at radius 2 is 1.48 bits per heavy atom. The minimum absolute atomic E-state index is 0.159. The number of benzene rings is 3. The monoisotopic (exact) mass is 409 g/mol. The van der Waals surface area contributed by atoms with E-state index in [1.54, 1.807) is 0 Å². The van der Waals surface area contributed by atoms with E-state index in [0.717, 1.165) is 33.4 Å². The number of aliphatic hydroxyl groups is 1. The molecule has 1 fully saturated rings. The van der Waals surface area contributed by atoms with Gasteiger partial charge in [0.25, 0.3) is 0 Å². The molecule has 3 aromatic carbocycles. The number of hydrogen-bond donors (Lipinski definition) is 1. The lowest BCUT2D eigenvalue weighted by Gasteiger charge is -2.53. The van der Waals surface area contributed by atoms with Gasteiger partial charge in [-0.25, -0.2) is 4.90 Å². The van der Waals surface area contributed by atoms with Gasteiger partial charge in [-0.2, -0.15) is 0 Å². The van der Waals surface area contributed by atoms with Gasteiger partial charge in [-0.15, -0.1) is 0 Å². The summed E-state index contributed by atoms with van der Waals surface area (Å²) in [5.41, 5.74) is 5.80. The predicted octanol–water partition coefficient (Wildman–Crippen LogP) is 3.85. The molecule has 154 valence electrons. The fraction of sp³-hybridized carbons (Fsp3) is 0.259. The second-order valence-corrected chi connectivity index (χ2v) is 9.09. The Bertz CT molecular complexity index is 1230. The summed E-state index contributed by atoms with van der Waals surface area (Å²) in [6.07, 6.45) is 0. The quantitative estimate of drug-likeness (QED) is 0.654. The molecule has 4 aliphatic rings. The molecular formula is C27H23NO3. The molecule has 1 aliphatic heterocycles. The summed E-state index contributed by atoms with van der Waals surface area (Å²) in [5, 5.41) is 10.9. The number of amides is 2. The van der Waals surface area contributed by atoms with Gasteiger partial charge in [-0.05, 0) is 47.7 Å². The molecule has 7 rings (SSSR count). The van der Waals surface area contributed by atoms with E-state index in [-0.39, 0.29) is 24.3 Å². The molecule has 2 bridgehead atoms. The summed E-state index contributed by atoms with van der Waals surface area (Å²) in [6, 6.07) is 21.8. The minimum Gasteiger partial charge on any atom is -0.395 e. The molecule has 3 aromatic rings. The standard InChI is InChI=1S/C27H23NO3/c1-15-11-12-21(16(2)13-15)28-25(30)23-22-17-7-3-5-9-19(17)27(14-29,24(23)26(28)31)20-10-6-4-8-18(20)22/h3-13,22-24,29H,14H2,1-2H3/t22?,23-,24+,27?/m1/s1. The highest BCUT2D eigenvalue weighted by Crippen LogP contribution is 2.64. The number of carbonyl (C=O) groups is 2. The van der Waals surface area contributed by atoms with Gasteiger partial charge in [0.2, 0.25) is 11.8 Å². The maximum Gasteiger partial charge on any atom is 0.239 e. The van der Waals surface area contributed by atoms with E-state index in [1.807, 2.05) is 80.6 Å². The molecule has 4 heteroatoms. The molecule has 1 saturated heterocycles. The molecule has 0 spiro atoms. The van der Waals surface area contributed by atoms with Crippen LogP contribution in [0.2, 0.25) is 0 Å². The van der Waals surface area contributed by atoms with E-state index in [0.29, 0.717) is 5.69 Å². The van der Waals surface area contributed by atoms with Crippen LogP contribution in [0.15, 0.2) is 66.7 Å². The van der Waals surface area contributed by atoms with Crippen molar-refractivity contribution in [2.45, 2.75) is 25.2 Å². The summed E-state index contributed by atoms with van der Waals surface area (Å²) < 4.78 is 0. The number of nitrogens with zero attached hydrogens (tertiary/aromatic N) is 1. The van der Waals surface area contributed by atoms with E-state index in [1.165, 1.54) is 4.90 Å². The molecule has 2 amide bonds. The summed E-state index contributed by atoms with van der Waals surface area (Å²) in [7, 11) is 0. The maximum absolute atomic E-state index is 14.0. The first-order valence-electron chi connectivity index (χ1n) is 10.8. The van der Waals surface area contributed by atoms with E-state index < -0.39 is 17.3 Å². The molecule has 0 saturated carbocycles. The number of carbonyl (C=O) groups excluding carboxylic acids is 2. The van der Waals surface area contributed by atoms with E-state index in [4.69, 9.17) is 0 Å². The number of anilines is 1. The Morgan fingerprint density at radius 3 is 2.06 bits per heavy atom. The van der Waals surface area contributed by atoms with Crippen LogP contribution in [0.1, 0.15) is 39.3 Å². The lowest BCUT2D eigenvalue weighted by Crippen LogP contribution is -2.55. The van der Waals surface area contributed by atoms with Crippen LogP contribution in [0, 0.1) is 25.7 Å². The largest absolute Gasteiger partial charge is 0.395 e. The van der Waals surface area contributed by atoms with Crippen LogP contribution < -0.4 is 4.90 Å². The third-order valence-electron chi connectivity index (χ3n) is 7.64. The van der Waals surface area contributed by atoms with Crippen molar-refractivity contribution in [3.8, 4) is 0 Å². The third-order valence-corrected chi connectivity index (χ3v) is 7.64. The zero-order valence-corrected chi connectivity index (χ0v) is 17.5. The van der Waals surface area contributed by atoms with Crippen LogP contribution in [0.4, 0.5) is 5.69 Å². The Morgan fingerprint density at radius 1 is 0.871 bits per heavy atom. The first-order chi connectivity index (χ1) is 15.0. The minimum atomic E-state index is -0.910. The van der Waals surface area contributed by atoms with Crippen LogP contribution in [-0.2, 0) is 15.0 Å². The smallest absolute Gasteiger partial charge is 0.239 e. The van der Waals surface area contributed by atoms with Gasteiger partial charge in [-0.1, -0.05) is 66.2 Å². The lowest BCUT2D eigenvalue weighted by atomic mass is 9.47. The van der Waals surface area contributed by atoms with Gasteiger partial charge < -0.3 is 5.11 Å². The fourth-order valence-corrected chi connectivity index (χ4v) is 6.49. The zero-order chi connectivity index (χ0) is 21.5. The normalized spacial score (nSPS) is 27.8. The average Bonchev–Trinajstić information content (AvgIpc) is 3.05. The van der Waals surface area contributed by atoms with Crippen LogP contribution in [0.25, 0.3) is 0 Å². The van der Waals surface area contributed by atoms with Crippen LogP contribution in [-0.4, -0.2) is 23.5 Å². The summed E-state index contributed by atoms with van der Waals surface area (Å²) in [4.78, 5) is 29.2. The van der Waals surface area contributed by atoms with Gasteiger partial charge >= 0.3 is 0 Å². The molecule has 2 atom stereocenters. The second-order valence-electron chi connectivity index (χ2n) is 9.09. The number of hydrogen-bond acceptors (Lipinski definition) is 3. The van der Waals surface area contributed by atoms with Crippen molar-refractivity contribution >= 4 is 17.5 Å². The summed E-state index contributed by atoms with van der Waals surface area (Å²) in [5.74, 6) is -1.66. The van der Waals surface area contributed by atoms with Gasteiger partial charge in [-0.3, -0.25) is 9.59 Å². The first-order valence-corrected chi connectivity index (χ1v) is 10.8. The third kappa shape index (κ3) is 2.08. The van der Waals surface area contributed by atoms with Crippen molar-refractivity contribution in [1.82, 2.24) is 0 Å². The van der Waals surface area contributed by atoms with Crippen molar-refractivity contribution in [3.63, 3.8) is 0 Å². The molecule has 1 heterocycles. The summed E-state index contributed by atoms with van der Waals surface area (Å²) in [6.45, 7) is 3.72. The first kappa shape index (κ1) is 18.5. The molecular weight excluding hydrogens is 386 g/mol. The molecule has 0 radical (unpaired) electrons. The van der Waals surface area contributed by atoms with Gasteiger partial charge in [0.05, 0.1) is 29.5 Å². The average molecular weight is 409 g/mol. The maximum atomic E-state index is 14.0. The zero-order valence-electron chi connectivity index (χ0n) is 17.5. The molecule has 31 heavy (non-hydrogen) atoms. The van der Waals surface area contributed by atoms with Crippen molar-refractivity contribution in [1.29, 1.82) is 0 Å². The lowest BCUT2D eigenvalue weighted by molar-refractivity contribution is -0.124. The van der Waals surface area contributed by atoms with Crippen molar-refractivity contribution in [3.05, 3.63) is 100 Å². The predicted molar refractivity (Wildman–Crippen MR) is 118 cm³/mol. The number of aliphatic hydroxyl groups excluding tert-OH is 1. The van der Waals surface area contributed by atoms with Gasteiger partial charge in [0, 0.05) is 5.92 Å². The Labute approximate surface area is 181 Å². The van der Waals surface area contributed by atoms with Crippen LogP contribution in [0.3, 0.4) is 0 Å². The number of aryl methyl sites for hydroxylation is 2. The molecule has 1 N–H and O–H groups in total. The van der Waals surface area contributed by atoms with Gasteiger partial charge in [0.1, 0.15) is 0 Å². The Balaban J connectivity index is 1.64. The van der Waals surface area contributed by atoms with E-state index in [9.17, 15) is 14.7 Å². The molecule has 0 unspecified atom stereocenters. The fourth-order valence-electron chi connectivity index (χ4n) is 6.49. The van der Waals surface area contributed by atoms with Crippen molar-refractivity contribution in [2.24, 2.45) is 11.8 Å². The Kier molecular flexibility index (Phi) is 3.67. The van der Waals surface area contributed by atoms with Crippen molar-refractivity contribution in [2.75, 3.05) is 11.5 Å². The second kappa shape index (κ2) is 6.14. The molecule has 3 aliphatic carbocycles. The van der Waals surface area contributed by atoms with E-state index in [2.05, 4.69) is 0 Å². The van der Waals surface area contributed by atoms with Crippen molar-refractivity contribution < 1.29 is 14.7 Å². The SMILES string of the molecule is Cc1ccc(N2C(=O)[C@@H]3C4c5ccccc5C(CO)(c5ccccc54)[C@@H]3C2=O)c(C)c1. The highest BCUT2D eigenvalue weighted by atomic mass is 16.3. The summed E-state index contributed by atoms with van der Waals surface area (Å²) >= 11 is 0. The molecule has 0 aromatic heterocycles. The number of imide groups is 1. The van der Waals surface area contributed by atoms with Crippen LogP contribution in [0.5, 0.6) is 0 Å². The van der Waals surface area contributed by atoms with E-state index >= 15 is 0 Å². The molecule has 4 nitrogen and oxygen atoms in total. The van der Waals surface area contributed by atoms with Gasteiger partial charge in [0.15, 0.2) is 0 Å². The highest BCUT2D eigenvalue weighted by molar-refractivity contribution is 6.24.